The van der Waals surface area contributed by atoms with Gasteiger partial charge in [-0.3, -0.25) is 24.0 Å². The fourth-order valence-electron chi connectivity index (χ4n) is 5.86. The molecule has 0 radical (unpaired) electrons. The number of carbonyl (C=O) groups excluding carboxylic acids is 5. The lowest BCUT2D eigenvalue weighted by Gasteiger charge is -2.27. The summed E-state index contributed by atoms with van der Waals surface area (Å²) in [4.78, 5) is 80.4. The minimum Gasteiger partial charge on any atom is -0.353 e. The molecule has 15 heteroatoms. The summed E-state index contributed by atoms with van der Waals surface area (Å²) in [6.45, 7) is 7.48. The molecular formula is C35H44N10O5. The van der Waals surface area contributed by atoms with Crippen LogP contribution in [-0.2, 0) is 32.1 Å². The van der Waals surface area contributed by atoms with E-state index >= 15 is 0 Å². The highest BCUT2D eigenvalue weighted by molar-refractivity contribution is 5.97. The molecule has 5 N–H and O–H groups in total. The number of H-pyrrole nitrogens is 1. The van der Waals surface area contributed by atoms with Gasteiger partial charge in [0.05, 0.1) is 23.4 Å². The Hall–Kier alpha value is -5.60. The van der Waals surface area contributed by atoms with Crippen LogP contribution in [-0.4, -0.2) is 90.9 Å². The zero-order chi connectivity index (χ0) is 35.8. The number of benzene rings is 2. The van der Waals surface area contributed by atoms with Crippen molar-refractivity contribution in [3.63, 3.8) is 0 Å². The number of nitrogens with one attached hydrogen (secondary N) is 5. The van der Waals surface area contributed by atoms with Crippen LogP contribution in [0.2, 0.25) is 0 Å². The van der Waals surface area contributed by atoms with Crippen molar-refractivity contribution in [2.45, 2.75) is 71.6 Å². The summed E-state index contributed by atoms with van der Waals surface area (Å²) in [6.07, 6.45) is 2.11. The highest BCUT2D eigenvalue weighted by atomic mass is 16.2. The standard InChI is InChI=1S/C35H44N10O5/c1-21(2)31-32-40-23(4)43-45(32)19-30(47)36-14-16-44(35(50)25-12-13-26-27(18-25)38-20-37-26)15-8-11-29(46)39-22(3)33(48)41-28(34(49)42-31)17-24-9-6-5-7-10-24/h5-7,9-10,12-13,18,20-22,28,31H,8,11,14-17,19H2,1-4H3,(H,36,47)(H,37,38)(H,39,46)(H,41,48)(H,42,49)/t22-,28+,31-/m0/s1. The molecule has 50 heavy (non-hydrogen) atoms. The first-order valence-corrected chi connectivity index (χ1v) is 16.8. The largest absolute Gasteiger partial charge is 0.353 e. The Kier molecular flexibility index (Phi) is 11.6. The molecule has 0 bridgehead atoms. The van der Waals surface area contributed by atoms with Crippen LogP contribution in [0.4, 0.5) is 0 Å². The second-order valence-corrected chi connectivity index (χ2v) is 12.8. The van der Waals surface area contributed by atoms with Crippen LogP contribution >= 0.6 is 0 Å². The van der Waals surface area contributed by atoms with Gasteiger partial charge in [-0.2, -0.15) is 5.10 Å². The van der Waals surface area contributed by atoms with Crippen LogP contribution < -0.4 is 21.3 Å². The molecule has 1 aliphatic rings. The zero-order valence-electron chi connectivity index (χ0n) is 28.7. The van der Waals surface area contributed by atoms with Crippen molar-refractivity contribution in [2.24, 2.45) is 5.92 Å². The lowest BCUT2D eigenvalue weighted by molar-refractivity contribution is -0.132. The van der Waals surface area contributed by atoms with Gasteiger partial charge in [-0.1, -0.05) is 44.2 Å². The van der Waals surface area contributed by atoms with Crippen LogP contribution in [0, 0.1) is 12.8 Å². The molecule has 5 rings (SSSR count). The topological polar surface area (TPSA) is 196 Å². The van der Waals surface area contributed by atoms with Gasteiger partial charge in [0.2, 0.25) is 23.6 Å². The number of fused-ring (bicyclic) bond motifs is 2. The number of hydrogen-bond acceptors (Lipinski definition) is 8. The van der Waals surface area contributed by atoms with Gasteiger partial charge in [-0.15, -0.1) is 0 Å². The average Bonchev–Trinajstić information content (AvgIpc) is 3.70. The summed E-state index contributed by atoms with van der Waals surface area (Å²) < 4.78 is 1.47. The maximum Gasteiger partial charge on any atom is 0.253 e. The van der Waals surface area contributed by atoms with E-state index < -0.39 is 29.9 Å². The first-order chi connectivity index (χ1) is 24.0. The molecule has 4 aromatic rings. The summed E-state index contributed by atoms with van der Waals surface area (Å²) in [7, 11) is 0. The van der Waals surface area contributed by atoms with Gasteiger partial charge >= 0.3 is 0 Å². The number of aromatic nitrogens is 5. The third-order valence-electron chi connectivity index (χ3n) is 8.52. The Morgan fingerprint density at radius 1 is 0.960 bits per heavy atom. The number of imidazole rings is 1. The number of nitrogens with zero attached hydrogens (tertiary/aromatic N) is 5. The minimum absolute atomic E-state index is 0.0474. The third kappa shape index (κ3) is 9.09. The average molecular weight is 685 g/mol. The van der Waals surface area contributed by atoms with Crippen molar-refractivity contribution in [1.82, 2.24) is 50.9 Å². The van der Waals surface area contributed by atoms with Crippen molar-refractivity contribution in [2.75, 3.05) is 19.6 Å². The van der Waals surface area contributed by atoms with Crippen molar-refractivity contribution in [3.8, 4) is 0 Å². The smallest absolute Gasteiger partial charge is 0.253 e. The molecule has 0 saturated carbocycles. The number of aryl methyl sites for hydroxylation is 1. The summed E-state index contributed by atoms with van der Waals surface area (Å²) in [5.41, 5.74) is 2.71. The van der Waals surface area contributed by atoms with Crippen molar-refractivity contribution in [1.29, 1.82) is 0 Å². The van der Waals surface area contributed by atoms with Gasteiger partial charge in [0.15, 0.2) is 5.82 Å². The highest BCUT2D eigenvalue weighted by Gasteiger charge is 2.31. The summed E-state index contributed by atoms with van der Waals surface area (Å²) in [5, 5.41) is 15.9. The van der Waals surface area contributed by atoms with Crippen LogP contribution in [0.25, 0.3) is 11.0 Å². The predicted octanol–water partition coefficient (Wildman–Crippen LogP) is 1.56. The van der Waals surface area contributed by atoms with Gasteiger partial charge < -0.3 is 31.2 Å². The Balaban J connectivity index is 1.41. The van der Waals surface area contributed by atoms with E-state index in [1.54, 1.807) is 43.3 Å². The molecule has 2 aromatic heterocycles. The molecule has 3 heterocycles. The first-order valence-electron chi connectivity index (χ1n) is 16.8. The van der Waals surface area contributed by atoms with E-state index in [1.165, 1.54) is 4.68 Å². The third-order valence-corrected chi connectivity index (χ3v) is 8.52. The monoisotopic (exact) mass is 684 g/mol. The molecule has 0 spiro atoms. The second-order valence-electron chi connectivity index (χ2n) is 12.8. The minimum atomic E-state index is -0.975. The van der Waals surface area contributed by atoms with Crippen LogP contribution in [0.1, 0.15) is 67.2 Å². The van der Waals surface area contributed by atoms with E-state index in [0.717, 1.165) is 11.1 Å². The van der Waals surface area contributed by atoms with Gasteiger partial charge in [0.1, 0.15) is 24.5 Å². The Morgan fingerprint density at radius 3 is 2.50 bits per heavy atom. The molecule has 1 aliphatic heterocycles. The number of carbonyl (C=O) groups is 5. The molecule has 0 saturated heterocycles. The fraction of sp³-hybridized carbons (Fsp3) is 0.429. The van der Waals surface area contributed by atoms with Crippen molar-refractivity contribution in [3.05, 3.63) is 77.6 Å². The first kappa shape index (κ1) is 35.7. The van der Waals surface area contributed by atoms with Gasteiger partial charge in [0.25, 0.3) is 5.91 Å². The molecular weight excluding hydrogens is 640 g/mol. The van der Waals surface area contributed by atoms with Gasteiger partial charge in [-0.05, 0) is 49.9 Å². The summed E-state index contributed by atoms with van der Waals surface area (Å²) in [5.74, 6) is -1.29. The zero-order valence-corrected chi connectivity index (χ0v) is 28.7. The SMILES string of the molecule is Cc1nc2n(n1)CC(=O)NCCN(C(=O)c1ccc3nc[nH]c3c1)CCCC(=O)N[C@@H](C)C(=O)N[C@H](Cc1ccccc1)C(=O)N[C@H]2C(C)C. The summed E-state index contributed by atoms with van der Waals surface area (Å²) in [6, 6.07) is 11.9. The predicted molar refractivity (Wildman–Crippen MR) is 184 cm³/mol. The maximum absolute atomic E-state index is 13.9. The lowest BCUT2D eigenvalue weighted by Crippen LogP contribution is -2.54. The fourth-order valence-corrected chi connectivity index (χ4v) is 5.86. The molecule has 0 fully saturated rings. The number of rotatable bonds is 4. The molecule has 5 amide bonds. The van der Waals surface area contributed by atoms with Crippen molar-refractivity contribution < 1.29 is 24.0 Å². The number of amides is 5. The van der Waals surface area contributed by atoms with E-state index in [1.807, 2.05) is 44.2 Å². The summed E-state index contributed by atoms with van der Waals surface area (Å²) >= 11 is 0. The van der Waals surface area contributed by atoms with Crippen LogP contribution in [0.3, 0.4) is 0 Å². The quantitative estimate of drug-likeness (QED) is 0.214. The van der Waals surface area contributed by atoms with Crippen molar-refractivity contribution >= 4 is 40.6 Å². The lowest BCUT2D eigenvalue weighted by atomic mass is 10.0. The molecule has 264 valence electrons. The normalized spacial score (nSPS) is 20.4. The highest BCUT2D eigenvalue weighted by Crippen LogP contribution is 2.21. The van der Waals surface area contributed by atoms with Crippen LogP contribution in [0.5, 0.6) is 0 Å². The van der Waals surface area contributed by atoms with E-state index in [4.69, 9.17) is 0 Å². The Morgan fingerprint density at radius 2 is 1.74 bits per heavy atom. The maximum atomic E-state index is 13.9. The van der Waals surface area contributed by atoms with E-state index in [-0.39, 0.29) is 62.7 Å². The van der Waals surface area contributed by atoms with E-state index in [0.29, 0.717) is 29.1 Å². The van der Waals surface area contributed by atoms with E-state index in [9.17, 15) is 24.0 Å². The number of hydrogen-bond donors (Lipinski definition) is 5. The molecule has 3 atom stereocenters. The second kappa shape index (κ2) is 16.2. The molecule has 0 aliphatic carbocycles. The van der Waals surface area contributed by atoms with Gasteiger partial charge in [-0.25, -0.2) is 14.6 Å². The Bertz CT molecular complexity index is 1840. The molecule has 2 aromatic carbocycles. The van der Waals surface area contributed by atoms with E-state index in [2.05, 4.69) is 41.3 Å². The Labute approximate surface area is 290 Å². The van der Waals surface area contributed by atoms with Gasteiger partial charge in [0, 0.05) is 38.0 Å². The molecule has 0 unspecified atom stereocenters. The number of aromatic amines is 1. The van der Waals surface area contributed by atoms with Crippen LogP contribution in [0.15, 0.2) is 54.9 Å². The molecule has 15 nitrogen and oxygen atoms in total.